The number of aliphatic imine (C=N–C) groups is 2. The van der Waals surface area contributed by atoms with Crippen LogP contribution in [-0.4, -0.2) is 32.4 Å². The lowest BCUT2D eigenvalue weighted by molar-refractivity contribution is 0.624. The number of nitrogens with zero attached hydrogens (tertiary/aromatic N) is 2. The monoisotopic (exact) mass is 526 g/mol. The molecule has 0 unspecified atom stereocenters. The van der Waals surface area contributed by atoms with Crippen molar-refractivity contribution in [2.75, 3.05) is 10.6 Å². The third-order valence-corrected chi connectivity index (χ3v) is 6.61. The second-order valence-corrected chi connectivity index (χ2v) is 9.30. The van der Waals surface area contributed by atoms with Crippen molar-refractivity contribution in [1.29, 1.82) is 0 Å². The third-order valence-electron chi connectivity index (χ3n) is 6.61. The fraction of sp³-hybridized carbons (Fsp3) is 0.0625. The summed E-state index contributed by atoms with van der Waals surface area (Å²) in [6.07, 6.45) is 11.3. The summed E-state index contributed by atoms with van der Waals surface area (Å²) < 4.78 is 0. The van der Waals surface area contributed by atoms with Crippen molar-refractivity contribution in [2.24, 2.45) is 9.98 Å². The first kappa shape index (κ1) is 24.8. The first-order chi connectivity index (χ1) is 19.8. The molecule has 4 aromatic heterocycles. The molecule has 0 amide bonds. The number of aromatic amines is 4. The van der Waals surface area contributed by atoms with Gasteiger partial charge in [-0.3, -0.25) is 9.98 Å². The normalized spacial score (nSPS) is 13.1. The maximum Gasteiger partial charge on any atom is 0.0922 e. The Morgan fingerprint density at radius 2 is 0.900 bits per heavy atom. The summed E-state index contributed by atoms with van der Waals surface area (Å²) in [6, 6.07) is 31.9. The van der Waals surface area contributed by atoms with Gasteiger partial charge in [0.1, 0.15) is 0 Å². The Hall–Kier alpha value is -5.50. The van der Waals surface area contributed by atoms with Crippen molar-refractivity contribution in [3.05, 3.63) is 145 Å². The van der Waals surface area contributed by atoms with Crippen molar-refractivity contribution >= 4 is 35.2 Å². The van der Waals surface area contributed by atoms with Gasteiger partial charge in [-0.15, -0.1) is 0 Å². The summed E-state index contributed by atoms with van der Waals surface area (Å²) in [6.45, 7) is 0. The van der Waals surface area contributed by atoms with E-state index in [0.29, 0.717) is 0 Å². The summed E-state index contributed by atoms with van der Waals surface area (Å²) in [4.78, 5) is 22.7. The number of aromatic nitrogens is 4. The number of nitrogens with one attached hydrogen (secondary N) is 6. The molecule has 0 saturated carbocycles. The number of hydrogen-bond acceptors (Lipinski definition) is 4. The Morgan fingerprint density at radius 1 is 0.475 bits per heavy atom. The van der Waals surface area contributed by atoms with Gasteiger partial charge in [0, 0.05) is 36.2 Å². The summed E-state index contributed by atoms with van der Waals surface area (Å²) >= 11 is 0. The predicted molar refractivity (Wildman–Crippen MR) is 163 cm³/mol. The van der Waals surface area contributed by atoms with E-state index >= 15 is 0 Å². The summed E-state index contributed by atoms with van der Waals surface area (Å²) in [7, 11) is 0. The number of anilines is 2. The molecule has 0 saturated heterocycles. The second kappa shape index (κ2) is 11.9. The molecule has 8 heteroatoms. The van der Waals surface area contributed by atoms with Crippen LogP contribution >= 0.6 is 0 Å². The maximum atomic E-state index is 4.77. The van der Waals surface area contributed by atoms with Gasteiger partial charge >= 0.3 is 0 Å². The Morgan fingerprint density at radius 3 is 1.30 bits per heavy atom. The van der Waals surface area contributed by atoms with Crippen LogP contribution in [0.1, 0.15) is 34.9 Å². The highest BCUT2D eigenvalue weighted by atomic mass is 15.1. The molecular weight excluding hydrogens is 496 g/mol. The van der Waals surface area contributed by atoms with E-state index in [0.717, 1.165) is 45.5 Å². The van der Waals surface area contributed by atoms with Crippen LogP contribution in [0.3, 0.4) is 0 Å². The fourth-order valence-corrected chi connectivity index (χ4v) is 4.64. The molecule has 40 heavy (non-hydrogen) atoms. The van der Waals surface area contributed by atoms with Gasteiger partial charge in [0.15, 0.2) is 0 Å². The quantitative estimate of drug-likeness (QED) is 0.0982. The number of rotatable bonds is 11. The molecule has 6 N–H and O–H groups in total. The molecular formula is C32H30N8. The average Bonchev–Trinajstić information content (AvgIpc) is 3.83. The third kappa shape index (κ3) is 5.81. The molecule has 0 fully saturated rings. The van der Waals surface area contributed by atoms with Gasteiger partial charge in [0.2, 0.25) is 0 Å². The van der Waals surface area contributed by atoms with Crippen LogP contribution in [0.25, 0.3) is 0 Å². The zero-order valence-electron chi connectivity index (χ0n) is 21.8. The molecule has 198 valence electrons. The van der Waals surface area contributed by atoms with Gasteiger partial charge in [-0.2, -0.15) is 0 Å². The van der Waals surface area contributed by atoms with Gasteiger partial charge in [0.05, 0.1) is 58.7 Å². The highest BCUT2D eigenvalue weighted by Gasteiger charge is 2.28. The fourth-order valence-electron chi connectivity index (χ4n) is 4.64. The molecule has 0 spiro atoms. The predicted octanol–water partition coefficient (Wildman–Crippen LogP) is 7.51. The summed E-state index contributed by atoms with van der Waals surface area (Å²) in [5.41, 5.74) is 7.47. The van der Waals surface area contributed by atoms with Crippen LogP contribution in [0, 0.1) is 0 Å². The molecule has 2 aromatic carbocycles. The highest BCUT2D eigenvalue weighted by Crippen LogP contribution is 2.38. The minimum atomic E-state index is -0.184. The average molecular weight is 527 g/mol. The highest BCUT2D eigenvalue weighted by molar-refractivity contribution is 5.83. The Labute approximate surface area is 232 Å². The lowest BCUT2D eigenvalue weighted by Gasteiger charge is -2.30. The van der Waals surface area contributed by atoms with Crippen LogP contribution in [0.15, 0.2) is 132 Å². The van der Waals surface area contributed by atoms with E-state index in [-0.39, 0.29) is 12.1 Å². The number of H-pyrrole nitrogens is 4. The molecule has 2 atom stereocenters. The number of hydrogen-bond donors (Lipinski definition) is 6. The van der Waals surface area contributed by atoms with Crippen LogP contribution < -0.4 is 10.6 Å². The second-order valence-electron chi connectivity index (χ2n) is 9.30. The smallest absolute Gasteiger partial charge is 0.0922 e. The van der Waals surface area contributed by atoms with Crippen LogP contribution in [0.4, 0.5) is 22.7 Å². The Bertz CT molecular complexity index is 1520. The number of benzene rings is 2. The minimum absolute atomic E-state index is 0.184. The molecule has 0 aliphatic carbocycles. The molecule has 0 radical (unpaired) electrons. The molecule has 8 nitrogen and oxygen atoms in total. The Balaban J connectivity index is 1.36. The van der Waals surface area contributed by atoms with E-state index in [1.54, 1.807) is 0 Å². The van der Waals surface area contributed by atoms with Crippen LogP contribution in [0.2, 0.25) is 0 Å². The SMILES string of the molecule is C(=Nc1ccccc1N[C@H](c1ccc[nH]1)[C@H](Nc1ccccc1N=Cc1ccc[nH]1)c1ccc[nH]1)c1ccc[nH]1. The Kier molecular flexibility index (Phi) is 7.39. The number of para-hydroxylation sites is 4. The van der Waals surface area contributed by atoms with E-state index in [1.165, 1.54) is 0 Å². The van der Waals surface area contributed by atoms with E-state index < -0.39 is 0 Å². The van der Waals surface area contributed by atoms with E-state index in [2.05, 4.69) is 54.8 Å². The summed E-state index contributed by atoms with van der Waals surface area (Å²) in [5, 5.41) is 7.56. The van der Waals surface area contributed by atoms with Crippen molar-refractivity contribution in [3.8, 4) is 0 Å². The van der Waals surface area contributed by atoms with Crippen molar-refractivity contribution in [2.45, 2.75) is 12.1 Å². The lowest BCUT2D eigenvalue weighted by Crippen LogP contribution is -2.26. The van der Waals surface area contributed by atoms with Gasteiger partial charge < -0.3 is 30.6 Å². The van der Waals surface area contributed by atoms with Gasteiger partial charge in [-0.1, -0.05) is 24.3 Å². The van der Waals surface area contributed by atoms with Crippen molar-refractivity contribution in [1.82, 2.24) is 19.9 Å². The summed E-state index contributed by atoms with van der Waals surface area (Å²) in [5.74, 6) is 0. The first-order valence-electron chi connectivity index (χ1n) is 13.2. The standard InChI is InChI=1S/C32H30N8/c1-3-13-27(25(11-1)37-21-23-9-5-17-33-23)39-31(29-15-7-19-35-29)32(30-16-8-20-36-30)40-28-14-4-2-12-26(28)38-22-24-10-6-18-34-24/h1-22,31-36,39-40H/t31-,32-/m1/s1. The van der Waals surface area contributed by atoms with E-state index in [4.69, 9.17) is 9.98 Å². The molecule has 4 heterocycles. The molecule has 6 rings (SSSR count). The maximum absolute atomic E-state index is 4.77. The molecule has 0 aliphatic heterocycles. The van der Waals surface area contributed by atoms with Gasteiger partial charge in [0.25, 0.3) is 0 Å². The minimum Gasteiger partial charge on any atom is -0.373 e. The zero-order valence-corrected chi connectivity index (χ0v) is 21.8. The molecule has 0 aliphatic rings. The zero-order chi connectivity index (χ0) is 27.0. The van der Waals surface area contributed by atoms with Gasteiger partial charge in [-0.05, 0) is 72.8 Å². The lowest BCUT2D eigenvalue weighted by atomic mass is 10.00. The topological polar surface area (TPSA) is 112 Å². The molecule has 6 aromatic rings. The largest absolute Gasteiger partial charge is 0.373 e. The van der Waals surface area contributed by atoms with Crippen molar-refractivity contribution in [3.63, 3.8) is 0 Å². The van der Waals surface area contributed by atoms with E-state index in [1.807, 2.05) is 110 Å². The van der Waals surface area contributed by atoms with Crippen LogP contribution in [0.5, 0.6) is 0 Å². The van der Waals surface area contributed by atoms with Gasteiger partial charge in [-0.25, -0.2) is 0 Å². The molecule has 0 bridgehead atoms. The van der Waals surface area contributed by atoms with E-state index in [9.17, 15) is 0 Å². The first-order valence-corrected chi connectivity index (χ1v) is 13.2. The van der Waals surface area contributed by atoms with Crippen molar-refractivity contribution < 1.29 is 0 Å². The van der Waals surface area contributed by atoms with Crippen LogP contribution in [-0.2, 0) is 0 Å².